The zero-order valence-electron chi connectivity index (χ0n) is 27.0. The maximum Gasteiger partial charge on any atom is 0.338 e. The van der Waals surface area contributed by atoms with Crippen LogP contribution in [-0.2, 0) is 16.1 Å². The number of carbonyl (C=O) groups excluding carboxylic acids is 1. The number of nitrogens with zero attached hydrogens (tertiary/aromatic N) is 2. The Morgan fingerprint density at radius 1 is 0.851 bits per heavy atom. The monoisotopic (exact) mass is 676 g/mol. The van der Waals surface area contributed by atoms with Crippen molar-refractivity contribution in [1.82, 2.24) is 4.57 Å². The van der Waals surface area contributed by atoms with Gasteiger partial charge < -0.3 is 23.7 Å². The fourth-order valence-corrected chi connectivity index (χ4v) is 6.41. The summed E-state index contributed by atoms with van der Waals surface area (Å²) in [5, 5.41) is 0.659. The van der Waals surface area contributed by atoms with Crippen molar-refractivity contribution in [2.45, 2.75) is 47.3 Å². The molecule has 0 N–H and O–H groups in total. The van der Waals surface area contributed by atoms with E-state index in [9.17, 15) is 9.59 Å². The number of fused-ring (bicyclic) bond motifs is 1. The minimum absolute atomic E-state index is 0.182. The Hall–Kier alpha value is -4.54. The van der Waals surface area contributed by atoms with Crippen LogP contribution in [0.4, 0.5) is 0 Å². The highest BCUT2D eigenvalue weighted by molar-refractivity contribution is 7.07. The number of esters is 1. The van der Waals surface area contributed by atoms with Crippen LogP contribution in [0.3, 0.4) is 0 Å². The van der Waals surface area contributed by atoms with E-state index >= 15 is 0 Å². The van der Waals surface area contributed by atoms with E-state index in [1.807, 2.05) is 75.4 Å². The van der Waals surface area contributed by atoms with E-state index in [1.165, 1.54) is 11.3 Å². The fourth-order valence-electron chi connectivity index (χ4n) is 5.24. The van der Waals surface area contributed by atoms with Crippen molar-refractivity contribution in [3.05, 3.63) is 113 Å². The molecule has 0 unspecified atom stereocenters. The molecule has 0 bridgehead atoms. The number of allylic oxidation sites excluding steroid dienone is 1. The summed E-state index contributed by atoms with van der Waals surface area (Å²) in [5.41, 5.74) is 2.86. The van der Waals surface area contributed by atoms with Gasteiger partial charge in [0.1, 0.15) is 6.61 Å². The lowest BCUT2D eigenvalue weighted by Crippen LogP contribution is -2.40. The van der Waals surface area contributed by atoms with Crippen LogP contribution in [0.5, 0.6) is 23.0 Å². The maximum atomic E-state index is 14.2. The van der Waals surface area contributed by atoms with Crippen molar-refractivity contribution in [2.24, 2.45) is 4.99 Å². The van der Waals surface area contributed by atoms with Crippen molar-refractivity contribution < 1.29 is 28.5 Å². The van der Waals surface area contributed by atoms with Crippen LogP contribution < -0.4 is 33.8 Å². The zero-order valence-corrected chi connectivity index (χ0v) is 28.6. The van der Waals surface area contributed by atoms with E-state index in [4.69, 9.17) is 35.3 Å². The van der Waals surface area contributed by atoms with Gasteiger partial charge in [-0.2, -0.15) is 0 Å². The summed E-state index contributed by atoms with van der Waals surface area (Å²) in [6, 6.07) is 17.6. The molecule has 1 atom stereocenters. The topological polar surface area (TPSA) is 97.6 Å². The quantitative estimate of drug-likeness (QED) is 0.155. The Kier molecular flexibility index (Phi) is 11.1. The van der Waals surface area contributed by atoms with E-state index in [0.717, 1.165) is 11.1 Å². The minimum Gasteiger partial charge on any atom is -0.490 e. The second-order valence-electron chi connectivity index (χ2n) is 10.4. The SMILES string of the molecule is CCOC(=O)C1=C(C)N=c2s/c(=C\c3ccc(OCc4ccc(Cl)cc4)c(OCC)c3)c(=O)n2[C@H]1c1ccc(OCC)c(OCC)c1. The molecule has 1 aromatic heterocycles. The summed E-state index contributed by atoms with van der Waals surface area (Å²) >= 11 is 7.26. The third-order valence-corrected chi connectivity index (χ3v) is 8.51. The summed E-state index contributed by atoms with van der Waals surface area (Å²) in [6.45, 7) is 11.0. The summed E-state index contributed by atoms with van der Waals surface area (Å²) < 4.78 is 31.0. The van der Waals surface area contributed by atoms with Gasteiger partial charge in [0.15, 0.2) is 27.8 Å². The van der Waals surface area contributed by atoms with E-state index in [-0.39, 0.29) is 12.2 Å². The van der Waals surface area contributed by atoms with Crippen LogP contribution >= 0.6 is 22.9 Å². The van der Waals surface area contributed by atoms with E-state index in [2.05, 4.69) is 4.99 Å². The van der Waals surface area contributed by atoms with Crippen molar-refractivity contribution in [3.63, 3.8) is 0 Å². The summed E-state index contributed by atoms with van der Waals surface area (Å²) in [6.07, 6.45) is 1.79. The molecular weight excluding hydrogens is 640 g/mol. The maximum absolute atomic E-state index is 14.2. The molecule has 0 radical (unpaired) electrons. The second kappa shape index (κ2) is 15.4. The molecule has 0 saturated heterocycles. The van der Waals surface area contributed by atoms with Crippen LogP contribution in [0.2, 0.25) is 5.02 Å². The molecule has 2 heterocycles. The number of rotatable bonds is 13. The highest BCUT2D eigenvalue weighted by Gasteiger charge is 2.34. The second-order valence-corrected chi connectivity index (χ2v) is 11.9. The third kappa shape index (κ3) is 7.55. The van der Waals surface area contributed by atoms with Crippen LogP contribution in [0.1, 0.15) is 57.4 Å². The third-order valence-electron chi connectivity index (χ3n) is 7.27. The van der Waals surface area contributed by atoms with Gasteiger partial charge in [-0.15, -0.1) is 0 Å². The smallest absolute Gasteiger partial charge is 0.338 e. The van der Waals surface area contributed by atoms with Gasteiger partial charge >= 0.3 is 5.97 Å². The molecule has 9 nitrogen and oxygen atoms in total. The largest absolute Gasteiger partial charge is 0.490 e. The lowest BCUT2D eigenvalue weighted by atomic mass is 9.95. The van der Waals surface area contributed by atoms with Crippen LogP contribution in [0.15, 0.2) is 81.7 Å². The predicted octanol–water partition coefficient (Wildman–Crippen LogP) is 6.23. The first-order chi connectivity index (χ1) is 22.8. The van der Waals surface area contributed by atoms with Gasteiger partial charge in [0.2, 0.25) is 0 Å². The average molecular weight is 677 g/mol. The average Bonchev–Trinajstić information content (AvgIpc) is 3.35. The first-order valence-electron chi connectivity index (χ1n) is 15.5. The summed E-state index contributed by atoms with van der Waals surface area (Å²) in [4.78, 5) is 32.7. The molecule has 0 saturated carbocycles. The number of hydrogen-bond acceptors (Lipinski definition) is 9. The molecule has 0 fully saturated rings. The molecule has 0 spiro atoms. The van der Waals surface area contributed by atoms with Crippen molar-refractivity contribution >= 4 is 35.0 Å². The molecule has 4 aromatic rings. The van der Waals surface area contributed by atoms with E-state index < -0.39 is 12.0 Å². The molecule has 3 aromatic carbocycles. The highest BCUT2D eigenvalue weighted by Crippen LogP contribution is 2.36. The minimum atomic E-state index is -0.787. The van der Waals surface area contributed by atoms with Crippen LogP contribution in [-0.4, -0.2) is 37.0 Å². The molecule has 1 aliphatic heterocycles. The number of benzene rings is 3. The Morgan fingerprint density at radius 3 is 2.17 bits per heavy atom. The Labute approximate surface area is 282 Å². The van der Waals surface area contributed by atoms with E-state index in [1.54, 1.807) is 30.6 Å². The number of halogens is 1. The van der Waals surface area contributed by atoms with Gasteiger partial charge in [0, 0.05) is 5.02 Å². The number of thiazole rings is 1. The van der Waals surface area contributed by atoms with Crippen LogP contribution in [0, 0.1) is 0 Å². The Morgan fingerprint density at radius 2 is 1.49 bits per heavy atom. The Balaban J connectivity index is 1.58. The van der Waals surface area contributed by atoms with Gasteiger partial charge in [0.05, 0.1) is 48.3 Å². The highest BCUT2D eigenvalue weighted by atomic mass is 35.5. The summed E-state index contributed by atoms with van der Waals surface area (Å²) in [7, 11) is 0. The predicted molar refractivity (Wildman–Crippen MR) is 183 cm³/mol. The molecule has 0 aliphatic carbocycles. The fraction of sp³-hybridized carbons (Fsp3) is 0.306. The standard InChI is InChI=1S/C36H37ClN2O7S/c1-6-42-27-17-13-25(20-30(27)44-8-3)33-32(35(41)45-9-4)22(5)38-36-39(33)34(40)31(47-36)19-24-12-16-28(29(18-24)43-7-2)46-21-23-10-14-26(37)15-11-23/h10-20,33H,6-9,21H2,1-5H3/b31-19-/t33-/m0/s1. The van der Waals surface area contributed by atoms with Gasteiger partial charge in [-0.3, -0.25) is 9.36 Å². The number of hydrogen-bond donors (Lipinski definition) is 0. The number of aromatic nitrogens is 1. The Bertz CT molecular complexity index is 1960. The molecule has 0 amide bonds. The first kappa shape index (κ1) is 33.8. The molecular formula is C36H37ClN2O7S. The van der Waals surface area contributed by atoms with Gasteiger partial charge in [0.25, 0.3) is 5.56 Å². The van der Waals surface area contributed by atoms with Gasteiger partial charge in [-0.1, -0.05) is 47.2 Å². The van der Waals surface area contributed by atoms with Gasteiger partial charge in [-0.05, 0) is 93.8 Å². The number of ether oxygens (including phenoxy) is 5. The molecule has 1 aliphatic rings. The lowest BCUT2D eigenvalue weighted by molar-refractivity contribution is -0.139. The van der Waals surface area contributed by atoms with E-state index in [0.29, 0.717) is 80.6 Å². The molecule has 11 heteroatoms. The van der Waals surface area contributed by atoms with Crippen molar-refractivity contribution in [3.8, 4) is 23.0 Å². The number of carbonyl (C=O) groups is 1. The first-order valence-corrected chi connectivity index (χ1v) is 16.7. The zero-order chi connectivity index (χ0) is 33.5. The normalized spacial score (nSPS) is 14.3. The molecule has 47 heavy (non-hydrogen) atoms. The van der Waals surface area contributed by atoms with Crippen molar-refractivity contribution in [2.75, 3.05) is 26.4 Å². The van der Waals surface area contributed by atoms with Crippen molar-refractivity contribution in [1.29, 1.82) is 0 Å². The molecule has 246 valence electrons. The molecule has 5 rings (SSSR count). The van der Waals surface area contributed by atoms with Gasteiger partial charge in [-0.25, -0.2) is 9.79 Å². The summed E-state index contributed by atoms with van der Waals surface area (Å²) in [5.74, 6) is 1.70. The van der Waals surface area contributed by atoms with Crippen LogP contribution in [0.25, 0.3) is 6.08 Å². The lowest BCUT2D eigenvalue weighted by Gasteiger charge is -2.25.